The Hall–Kier alpha value is -1.12. The van der Waals surface area contributed by atoms with Crippen LogP contribution in [0.4, 0.5) is 0 Å². The van der Waals surface area contributed by atoms with Gasteiger partial charge in [-0.15, -0.1) is 10.2 Å². The summed E-state index contributed by atoms with van der Waals surface area (Å²) in [6, 6.07) is 0. The third kappa shape index (κ3) is 1.69. The van der Waals surface area contributed by atoms with Gasteiger partial charge in [0.05, 0.1) is 0 Å². The van der Waals surface area contributed by atoms with E-state index in [1.807, 2.05) is 12.2 Å². The minimum atomic E-state index is 0.583. The standard InChI is InChI=1S/C7H10N2O/c1-3-4-5-7-9-8-6(2)10-7/h4-5H,3H2,1-2H3/b5-4+. The molecule has 0 unspecified atom stereocenters. The van der Waals surface area contributed by atoms with Gasteiger partial charge in [0.1, 0.15) is 0 Å². The second-order valence-corrected chi connectivity index (χ2v) is 1.97. The maximum atomic E-state index is 5.08. The van der Waals surface area contributed by atoms with Crippen LogP contribution in [0.15, 0.2) is 10.5 Å². The van der Waals surface area contributed by atoms with Crippen LogP contribution < -0.4 is 0 Å². The fourth-order valence-corrected chi connectivity index (χ4v) is 0.598. The molecule has 0 fully saturated rings. The van der Waals surface area contributed by atoms with Gasteiger partial charge in [0.15, 0.2) is 0 Å². The smallest absolute Gasteiger partial charge is 0.240 e. The van der Waals surface area contributed by atoms with E-state index in [4.69, 9.17) is 4.42 Å². The van der Waals surface area contributed by atoms with Crippen LogP contribution in [-0.4, -0.2) is 10.2 Å². The summed E-state index contributed by atoms with van der Waals surface area (Å²) in [5.74, 6) is 1.19. The lowest BCUT2D eigenvalue weighted by atomic mass is 10.4. The lowest BCUT2D eigenvalue weighted by molar-refractivity contribution is 0.509. The van der Waals surface area contributed by atoms with E-state index in [2.05, 4.69) is 17.1 Å². The predicted molar refractivity (Wildman–Crippen MR) is 38.4 cm³/mol. The van der Waals surface area contributed by atoms with E-state index in [1.54, 1.807) is 6.92 Å². The molecule has 0 N–H and O–H groups in total. The fraction of sp³-hybridized carbons (Fsp3) is 0.429. The molecule has 10 heavy (non-hydrogen) atoms. The average Bonchev–Trinajstić information content (AvgIpc) is 2.31. The first-order valence-corrected chi connectivity index (χ1v) is 3.29. The van der Waals surface area contributed by atoms with E-state index in [0.717, 1.165) is 6.42 Å². The van der Waals surface area contributed by atoms with Crippen molar-refractivity contribution in [1.29, 1.82) is 0 Å². The normalized spacial score (nSPS) is 11.0. The van der Waals surface area contributed by atoms with Crippen LogP contribution >= 0.6 is 0 Å². The van der Waals surface area contributed by atoms with Crippen molar-refractivity contribution in [3.63, 3.8) is 0 Å². The van der Waals surface area contributed by atoms with Gasteiger partial charge in [0, 0.05) is 6.92 Å². The van der Waals surface area contributed by atoms with Gasteiger partial charge in [-0.3, -0.25) is 0 Å². The molecule has 54 valence electrons. The quantitative estimate of drug-likeness (QED) is 0.625. The Morgan fingerprint density at radius 2 is 2.30 bits per heavy atom. The van der Waals surface area contributed by atoms with E-state index in [9.17, 15) is 0 Å². The Kier molecular flexibility index (Phi) is 2.20. The molecule has 0 amide bonds. The number of nitrogens with zero attached hydrogens (tertiary/aromatic N) is 2. The molecule has 1 aromatic heterocycles. The monoisotopic (exact) mass is 138 g/mol. The van der Waals surface area contributed by atoms with Gasteiger partial charge in [-0.05, 0) is 12.5 Å². The van der Waals surface area contributed by atoms with Crippen molar-refractivity contribution in [2.24, 2.45) is 0 Å². The van der Waals surface area contributed by atoms with Crippen LogP contribution in [0.1, 0.15) is 25.1 Å². The van der Waals surface area contributed by atoms with Crippen LogP contribution in [0.5, 0.6) is 0 Å². The van der Waals surface area contributed by atoms with Crippen LogP contribution in [0, 0.1) is 6.92 Å². The molecular weight excluding hydrogens is 128 g/mol. The van der Waals surface area contributed by atoms with Crippen molar-refractivity contribution in [1.82, 2.24) is 10.2 Å². The number of aryl methyl sites for hydroxylation is 1. The van der Waals surface area contributed by atoms with Gasteiger partial charge in [-0.25, -0.2) is 0 Å². The molecule has 0 aliphatic heterocycles. The number of allylic oxidation sites excluding steroid dienone is 1. The summed E-state index contributed by atoms with van der Waals surface area (Å²) in [6.45, 7) is 3.83. The minimum Gasteiger partial charge on any atom is -0.422 e. The highest BCUT2D eigenvalue weighted by molar-refractivity contribution is 5.36. The first kappa shape index (κ1) is 6.99. The zero-order valence-electron chi connectivity index (χ0n) is 6.16. The highest BCUT2D eigenvalue weighted by Gasteiger charge is 1.93. The molecule has 0 saturated heterocycles. The topological polar surface area (TPSA) is 38.9 Å². The Labute approximate surface area is 59.8 Å². The Morgan fingerprint density at radius 1 is 1.50 bits per heavy atom. The van der Waals surface area contributed by atoms with Gasteiger partial charge in [0.25, 0.3) is 0 Å². The van der Waals surface area contributed by atoms with E-state index in [-0.39, 0.29) is 0 Å². The first-order chi connectivity index (χ1) is 4.83. The van der Waals surface area contributed by atoms with Crippen LogP contribution in [-0.2, 0) is 0 Å². The zero-order valence-corrected chi connectivity index (χ0v) is 6.16. The van der Waals surface area contributed by atoms with Gasteiger partial charge in [0.2, 0.25) is 11.8 Å². The molecule has 0 saturated carbocycles. The molecule has 0 radical (unpaired) electrons. The Balaban J connectivity index is 2.67. The van der Waals surface area contributed by atoms with Gasteiger partial charge >= 0.3 is 0 Å². The summed E-state index contributed by atoms with van der Waals surface area (Å²) in [4.78, 5) is 0. The van der Waals surface area contributed by atoms with E-state index in [0.29, 0.717) is 11.8 Å². The highest BCUT2D eigenvalue weighted by Crippen LogP contribution is 1.99. The van der Waals surface area contributed by atoms with Crippen molar-refractivity contribution < 1.29 is 4.42 Å². The van der Waals surface area contributed by atoms with Gasteiger partial charge < -0.3 is 4.42 Å². The van der Waals surface area contributed by atoms with Crippen molar-refractivity contribution in [3.8, 4) is 0 Å². The summed E-state index contributed by atoms with van der Waals surface area (Å²) in [5, 5.41) is 7.45. The third-order valence-electron chi connectivity index (χ3n) is 1.04. The number of aromatic nitrogens is 2. The summed E-state index contributed by atoms with van der Waals surface area (Å²) in [5.41, 5.74) is 0. The number of rotatable bonds is 2. The molecule has 1 rings (SSSR count). The maximum absolute atomic E-state index is 5.08. The third-order valence-corrected chi connectivity index (χ3v) is 1.04. The SMILES string of the molecule is CC/C=C/c1nnc(C)o1. The Morgan fingerprint density at radius 3 is 2.80 bits per heavy atom. The Bertz CT molecular complexity index is 227. The van der Waals surface area contributed by atoms with E-state index in [1.165, 1.54) is 0 Å². The molecule has 1 heterocycles. The minimum absolute atomic E-state index is 0.583. The van der Waals surface area contributed by atoms with E-state index < -0.39 is 0 Å². The highest BCUT2D eigenvalue weighted by atomic mass is 16.4. The predicted octanol–water partition coefficient (Wildman–Crippen LogP) is 1.80. The molecule has 0 aliphatic rings. The number of hydrogen-bond donors (Lipinski definition) is 0. The van der Waals surface area contributed by atoms with Crippen molar-refractivity contribution in [2.45, 2.75) is 20.3 Å². The summed E-state index contributed by atoms with van der Waals surface area (Å²) in [6.07, 6.45) is 4.79. The van der Waals surface area contributed by atoms with Gasteiger partial charge in [-0.2, -0.15) is 0 Å². The number of hydrogen-bond acceptors (Lipinski definition) is 3. The average molecular weight is 138 g/mol. The van der Waals surface area contributed by atoms with E-state index >= 15 is 0 Å². The largest absolute Gasteiger partial charge is 0.422 e. The lowest BCUT2D eigenvalue weighted by Crippen LogP contribution is -1.69. The summed E-state index contributed by atoms with van der Waals surface area (Å²) >= 11 is 0. The van der Waals surface area contributed by atoms with Crippen LogP contribution in [0.3, 0.4) is 0 Å². The van der Waals surface area contributed by atoms with Crippen molar-refractivity contribution in [3.05, 3.63) is 17.9 Å². The van der Waals surface area contributed by atoms with Crippen LogP contribution in [0.2, 0.25) is 0 Å². The van der Waals surface area contributed by atoms with Crippen molar-refractivity contribution >= 4 is 6.08 Å². The summed E-state index contributed by atoms with van der Waals surface area (Å²) < 4.78 is 5.08. The fourth-order valence-electron chi connectivity index (χ4n) is 0.598. The molecule has 3 heteroatoms. The molecule has 1 aromatic rings. The zero-order chi connectivity index (χ0) is 7.40. The summed E-state index contributed by atoms with van der Waals surface area (Å²) in [7, 11) is 0. The second kappa shape index (κ2) is 3.15. The first-order valence-electron chi connectivity index (χ1n) is 3.29. The molecular formula is C7H10N2O. The molecule has 0 aromatic carbocycles. The second-order valence-electron chi connectivity index (χ2n) is 1.97. The van der Waals surface area contributed by atoms with Crippen LogP contribution in [0.25, 0.3) is 6.08 Å². The van der Waals surface area contributed by atoms with Crippen molar-refractivity contribution in [2.75, 3.05) is 0 Å². The lowest BCUT2D eigenvalue weighted by Gasteiger charge is -1.77. The maximum Gasteiger partial charge on any atom is 0.240 e. The molecule has 3 nitrogen and oxygen atoms in total. The molecule has 0 atom stereocenters. The molecule has 0 bridgehead atoms. The molecule has 0 spiro atoms. The molecule has 0 aliphatic carbocycles. The van der Waals surface area contributed by atoms with Gasteiger partial charge in [-0.1, -0.05) is 13.0 Å².